The van der Waals surface area contributed by atoms with Gasteiger partial charge in [-0.05, 0) is 54.1 Å². The lowest BCUT2D eigenvalue weighted by molar-refractivity contribution is 0.0472. The first kappa shape index (κ1) is 11.9. The van der Waals surface area contributed by atoms with Crippen LogP contribution in [0.15, 0.2) is 24.3 Å². The number of carbonyl (C=O) groups is 1. The standard InChI is InChI=1S/C12H14INO2/c13-11-6-2-1-5-10(11)12(15)16-8-9-4-3-7-14-9/h1-2,5-6,9,14H,3-4,7-8H2. The third-order valence-corrected chi connectivity index (χ3v) is 3.61. The van der Waals surface area contributed by atoms with Gasteiger partial charge in [0.15, 0.2) is 0 Å². The lowest BCUT2D eigenvalue weighted by atomic mass is 10.2. The molecule has 0 spiro atoms. The predicted molar refractivity (Wildman–Crippen MR) is 70.5 cm³/mol. The summed E-state index contributed by atoms with van der Waals surface area (Å²) in [4.78, 5) is 11.8. The van der Waals surface area contributed by atoms with Crippen molar-refractivity contribution in [1.82, 2.24) is 5.32 Å². The van der Waals surface area contributed by atoms with E-state index in [1.54, 1.807) is 6.07 Å². The molecule has 1 unspecified atom stereocenters. The highest BCUT2D eigenvalue weighted by atomic mass is 127. The summed E-state index contributed by atoms with van der Waals surface area (Å²) in [5.41, 5.74) is 0.654. The SMILES string of the molecule is O=C(OCC1CCCN1)c1ccccc1I. The monoisotopic (exact) mass is 331 g/mol. The number of halogens is 1. The summed E-state index contributed by atoms with van der Waals surface area (Å²) in [7, 11) is 0. The number of rotatable bonds is 3. The molecule has 86 valence electrons. The first-order valence-corrected chi connectivity index (χ1v) is 6.50. The van der Waals surface area contributed by atoms with Gasteiger partial charge in [-0.3, -0.25) is 0 Å². The molecule has 1 aliphatic rings. The number of carbonyl (C=O) groups excluding carboxylic acids is 1. The molecule has 3 nitrogen and oxygen atoms in total. The summed E-state index contributed by atoms with van der Waals surface area (Å²) in [5.74, 6) is -0.223. The van der Waals surface area contributed by atoms with E-state index in [9.17, 15) is 4.79 Å². The molecule has 0 radical (unpaired) electrons. The number of hydrogen-bond acceptors (Lipinski definition) is 3. The zero-order chi connectivity index (χ0) is 11.4. The average molecular weight is 331 g/mol. The Kier molecular flexibility index (Phi) is 4.17. The van der Waals surface area contributed by atoms with E-state index in [0.717, 1.165) is 16.5 Å². The van der Waals surface area contributed by atoms with Crippen molar-refractivity contribution in [3.8, 4) is 0 Å². The first-order chi connectivity index (χ1) is 7.77. The van der Waals surface area contributed by atoms with Crippen molar-refractivity contribution < 1.29 is 9.53 Å². The molecule has 1 aromatic carbocycles. The summed E-state index contributed by atoms with van der Waals surface area (Å²) in [6.07, 6.45) is 2.27. The molecule has 0 amide bonds. The molecule has 0 saturated carbocycles. The lowest BCUT2D eigenvalue weighted by Crippen LogP contribution is -2.28. The van der Waals surface area contributed by atoms with Gasteiger partial charge in [0.25, 0.3) is 0 Å². The smallest absolute Gasteiger partial charge is 0.339 e. The Morgan fingerprint density at radius 1 is 1.50 bits per heavy atom. The molecule has 1 atom stereocenters. The van der Waals surface area contributed by atoms with E-state index in [1.807, 2.05) is 18.2 Å². The summed E-state index contributed by atoms with van der Waals surface area (Å²) >= 11 is 2.15. The minimum Gasteiger partial charge on any atom is -0.460 e. The van der Waals surface area contributed by atoms with E-state index in [2.05, 4.69) is 27.9 Å². The van der Waals surface area contributed by atoms with E-state index in [4.69, 9.17) is 4.74 Å². The molecule has 1 heterocycles. The quantitative estimate of drug-likeness (QED) is 0.682. The van der Waals surface area contributed by atoms with Gasteiger partial charge in [0.05, 0.1) is 5.56 Å². The average Bonchev–Trinajstić information content (AvgIpc) is 2.79. The van der Waals surface area contributed by atoms with Crippen LogP contribution in [-0.4, -0.2) is 25.2 Å². The van der Waals surface area contributed by atoms with Crippen molar-refractivity contribution in [3.05, 3.63) is 33.4 Å². The molecule has 1 aromatic rings. The van der Waals surface area contributed by atoms with Crippen molar-refractivity contribution in [3.63, 3.8) is 0 Å². The van der Waals surface area contributed by atoms with Gasteiger partial charge in [0, 0.05) is 9.61 Å². The Hall–Kier alpha value is -0.620. The van der Waals surface area contributed by atoms with Crippen LogP contribution in [0.5, 0.6) is 0 Å². The van der Waals surface area contributed by atoms with E-state index >= 15 is 0 Å². The molecule has 16 heavy (non-hydrogen) atoms. The minimum atomic E-state index is -0.223. The van der Waals surface area contributed by atoms with Crippen LogP contribution < -0.4 is 5.32 Å². The summed E-state index contributed by atoms with van der Waals surface area (Å²) in [5, 5.41) is 3.30. The third-order valence-electron chi connectivity index (χ3n) is 2.67. The highest BCUT2D eigenvalue weighted by molar-refractivity contribution is 14.1. The fourth-order valence-corrected chi connectivity index (χ4v) is 2.39. The molecular formula is C12H14INO2. The van der Waals surface area contributed by atoms with Crippen LogP contribution in [0.25, 0.3) is 0 Å². The Labute approximate surface area is 109 Å². The van der Waals surface area contributed by atoms with Crippen LogP contribution in [0.3, 0.4) is 0 Å². The Balaban J connectivity index is 1.90. The molecule has 0 aliphatic carbocycles. The van der Waals surface area contributed by atoms with Gasteiger partial charge in [-0.15, -0.1) is 0 Å². The van der Waals surface area contributed by atoms with Crippen LogP contribution >= 0.6 is 22.6 Å². The molecular weight excluding hydrogens is 317 g/mol. The van der Waals surface area contributed by atoms with Crippen molar-refractivity contribution in [2.45, 2.75) is 18.9 Å². The second kappa shape index (κ2) is 5.63. The van der Waals surface area contributed by atoms with E-state index in [0.29, 0.717) is 18.2 Å². The van der Waals surface area contributed by atoms with Crippen molar-refractivity contribution in [2.24, 2.45) is 0 Å². The van der Waals surface area contributed by atoms with E-state index < -0.39 is 0 Å². The van der Waals surface area contributed by atoms with Gasteiger partial charge in [-0.1, -0.05) is 12.1 Å². The van der Waals surface area contributed by atoms with Crippen LogP contribution in [-0.2, 0) is 4.74 Å². The van der Waals surface area contributed by atoms with Gasteiger partial charge in [0.1, 0.15) is 6.61 Å². The first-order valence-electron chi connectivity index (χ1n) is 5.42. The summed E-state index contributed by atoms with van der Waals surface area (Å²) in [6, 6.07) is 7.81. The van der Waals surface area contributed by atoms with Gasteiger partial charge in [-0.25, -0.2) is 4.79 Å². The topological polar surface area (TPSA) is 38.3 Å². The zero-order valence-electron chi connectivity index (χ0n) is 8.91. The molecule has 1 fully saturated rings. The van der Waals surface area contributed by atoms with E-state index in [-0.39, 0.29) is 5.97 Å². The Morgan fingerprint density at radius 2 is 2.31 bits per heavy atom. The van der Waals surface area contributed by atoms with Crippen LogP contribution in [0, 0.1) is 3.57 Å². The number of hydrogen-bond donors (Lipinski definition) is 1. The number of benzene rings is 1. The summed E-state index contributed by atoms with van der Waals surface area (Å²) < 4.78 is 6.22. The maximum absolute atomic E-state index is 11.8. The van der Waals surface area contributed by atoms with Crippen molar-refractivity contribution in [2.75, 3.05) is 13.2 Å². The zero-order valence-corrected chi connectivity index (χ0v) is 11.1. The highest BCUT2D eigenvalue weighted by Crippen LogP contribution is 2.13. The molecule has 4 heteroatoms. The fraction of sp³-hybridized carbons (Fsp3) is 0.417. The van der Waals surface area contributed by atoms with Crippen molar-refractivity contribution >= 4 is 28.6 Å². The highest BCUT2D eigenvalue weighted by Gasteiger charge is 2.17. The summed E-state index contributed by atoms with van der Waals surface area (Å²) in [6.45, 7) is 1.51. The molecule has 1 N–H and O–H groups in total. The molecule has 2 rings (SSSR count). The van der Waals surface area contributed by atoms with Gasteiger partial charge in [0.2, 0.25) is 0 Å². The molecule has 1 saturated heterocycles. The number of nitrogens with one attached hydrogen (secondary N) is 1. The number of ether oxygens (including phenoxy) is 1. The van der Waals surface area contributed by atoms with Gasteiger partial charge >= 0.3 is 5.97 Å². The molecule has 0 bridgehead atoms. The Morgan fingerprint density at radius 3 is 3.00 bits per heavy atom. The van der Waals surface area contributed by atoms with Gasteiger partial charge < -0.3 is 10.1 Å². The lowest BCUT2D eigenvalue weighted by Gasteiger charge is -2.11. The molecule has 1 aliphatic heterocycles. The Bertz CT molecular complexity index is 375. The number of esters is 1. The van der Waals surface area contributed by atoms with Crippen molar-refractivity contribution in [1.29, 1.82) is 0 Å². The fourth-order valence-electron chi connectivity index (χ4n) is 1.78. The largest absolute Gasteiger partial charge is 0.460 e. The van der Waals surface area contributed by atoms with Crippen LogP contribution in [0.4, 0.5) is 0 Å². The normalized spacial score (nSPS) is 19.7. The third kappa shape index (κ3) is 2.95. The minimum absolute atomic E-state index is 0.223. The predicted octanol–water partition coefficient (Wildman–Crippen LogP) is 2.20. The van der Waals surface area contributed by atoms with Gasteiger partial charge in [-0.2, -0.15) is 0 Å². The van der Waals surface area contributed by atoms with Crippen LogP contribution in [0.1, 0.15) is 23.2 Å². The maximum Gasteiger partial charge on any atom is 0.339 e. The second-order valence-corrected chi connectivity index (χ2v) is 5.03. The van der Waals surface area contributed by atoms with E-state index in [1.165, 1.54) is 6.42 Å². The van der Waals surface area contributed by atoms with Crippen LogP contribution in [0.2, 0.25) is 0 Å². The second-order valence-electron chi connectivity index (χ2n) is 3.87. The maximum atomic E-state index is 11.8. The molecule has 0 aromatic heterocycles.